The number of para-hydroxylation sites is 2. The molecule has 1 amide bonds. The van der Waals surface area contributed by atoms with E-state index in [2.05, 4.69) is 31.5 Å². The molecule has 1 aliphatic rings. The van der Waals surface area contributed by atoms with E-state index < -0.39 is 0 Å². The van der Waals surface area contributed by atoms with E-state index in [9.17, 15) is 4.79 Å². The molecule has 2 N–H and O–H groups in total. The summed E-state index contributed by atoms with van der Waals surface area (Å²) in [6.45, 7) is 12.3. The monoisotopic (exact) mass is 503 g/mol. The Morgan fingerprint density at radius 1 is 1.18 bits per heavy atom. The average molecular weight is 503 g/mol. The molecule has 0 bridgehead atoms. The molecule has 0 aromatic heterocycles. The summed E-state index contributed by atoms with van der Waals surface area (Å²) in [5, 5.41) is 6.25. The fourth-order valence-corrected chi connectivity index (χ4v) is 3.08. The summed E-state index contributed by atoms with van der Waals surface area (Å²) in [6.07, 6.45) is 0. The van der Waals surface area contributed by atoms with Crippen LogP contribution < -0.4 is 20.3 Å². The minimum atomic E-state index is -0.245. The van der Waals surface area contributed by atoms with E-state index in [1.807, 2.05) is 45.9 Å². The molecule has 0 aliphatic carbocycles. The number of ether oxygens (including phenoxy) is 1. The van der Waals surface area contributed by atoms with Crippen molar-refractivity contribution in [3.8, 4) is 5.75 Å². The fourth-order valence-electron chi connectivity index (χ4n) is 3.08. The number of aliphatic imine (C=N–C) groups is 1. The first-order chi connectivity index (χ1) is 12.8. The van der Waals surface area contributed by atoms with Gasteiger partial charge < -0.3 is 25.2 Å². The molecular formula is C20H34IN5O2. The van der Waals surface area contributed by atoms with Crippen LogP contribution in [0.25, 0.3) is 0 Å². The van der Waals surface area contributed by atoms with Crippen LogP contribution in [0.3, 0.4) is 0 Å². The topological polar surface area (TPSA) is 69.2 Å². The normalized spacial score (nSPS) is 15.0. The van der Waals surface area contributed by atoms with Crippen molar-refractivity contribution in [1.29, 1.82) is 0 Å². The molecule has 0 atom stereocenters. The van der Waals surface area contributed by atoms with Crippen LogP contribution in [0.2, 0.25) is 0 Å². The lowest BCUT2D eigenvalue weighted by atomic mass is 10.1. The molecule has 1 aromatic rings. The second-order valence-corrected chi connectivity index (χ2v) is 7.61. The molecular weight excluding hydrogens is 469 g/mol. The number of piperazine rings is 1. The van der Waals surface area contributed by atoms with Crippen LogP contribution in [-0.4, -0.2) is 68.7 Å². The van der Waals surface area contributed by atoms with Gasteiger partial charge in [-0.2, -0.15) is 0 Å². The lowest BCUT2D eigenvalue weighted by molar-refractivity contribution is -0.121. The third-order valence-electron chi connectivity index (χ3n) is 4.23. The first-order valence-corrected chi connectivity index (χ1v) is 9.56. The Morgan fingerprint density at radius 2 is 1.82 bits per heavy atom. The van der Waals surface area contributed by atoms with Gasteiger partial charge >= 0.3 is 0 Å². The Hall–Kier alpha value is -1.71. The molecule has 0 spiro atoms. The molecule has 7 nitrogen and oxygen atoms in total. The molecule has 1 heterocycles. The van der Waals surface area contributed by atoms with Gasteiger partial charge in [0.15, 0.2) is 5.96 Å². The van der Waals surface area contributed by atoms with E-state index in [0.29, 0.717) is 0 Å². The molecule has 1 saturated heterocycles. The van der Waals surface area contributed by atoms with Crippen molar-refractivity contribution < 1.29 is 9.53 Å². The van der Waals surface area contributed by atoms with Crippen molar-refractivity contribution >= 4 is 41.5 Å². The van der Waals surface area contributed by atoms with Gasteiger partial charge in [0.05, 0.1) is 12.8 Å². The molecule has 0 unspecified atom stereocenters. The third kappa shape index (κ3) is 7.37. The first kappa shape index (κ1) is 24.3. The van der Waals surface area contributed by atoms with Crippen LogP contribution in [0, 0.1) is 0 Å². The summed E-state index contributed by atoms with van der Waals surface area (Å²) in [5.74, 6) is 1.62. The van der Waals surface area contributed by atoms with Gasteiger partial charge in [-0.15, -0.1) is 24.0 Å². The highest BCUT2D eigenvalue weighted by Gasteiger charge is 2.22. The minimum absolute atomic E-state index is 0. The van der Waals surface area contributed by atoms with Crippen molar-refractivity contribution in [1.82, 2.24) is 15.5 Å². The Bertz CT molecular complexity index is 652. The van der Waals surface area contributed by atoms with E-state index in [1.54, 1.807) is 7.11 Å². The number of guanidine groups is 1. The summed E-state index contributed by atoms with van der Waals surface area (Å²) in [6, 6.07) is 8.09. The Morgan fingerprint density at radius 3 is 2.39 bits per heavy atom. The van der Waals surface area contributed by atoms with Crippen LogP contribution in [0.5, 0.6) is 5.75 Å². The molecule has 1 fully saturated rings. The highest BCUT2D eigenvalue weighted by Crippen LogP contribution is 2.28. The number of hydrogen-bond donors (Lipinski definition) is 2. The molecule has 0 radical (unpaired) electrons. The number of amides is 1. The fraction of sp³-hybridized carbons (Fsp3) is 0.600. The number of carbonyl (C=O) groups excluding carboxylic acids is 1. The lowest BCUT2D eigenvalue weighted by Gasteiger charge is -2.38. The number of carbonyl (C=O) groups is 1. The lowest BCUT2D eigenvalue weighted by Crippen LogP contribution is -2.53. The number of rotatable bonds is 5. The standard InChI is InChI=1S/C20H33N5O2.HI/c1-6-21-19(22-15-18(26)23-20(2,3)4)25-13-11-24(12-14-25)16-9-7-8-10-17(16)27-5;/h7-10H,6,11-15H2,1-5H3,(H,21,22)(H,23,26);1H. The highest BCUT2D eigenvalue weighted by atomic mass is 127. The van der Waals surface area contributed by atoms with Crippen molar-refractivity contribution in [3.63, 3.8) is 0 Å². The zero-order chi connectivity index (χ0) is 19.9. The SMILES string of the molecule is CCNC(=NCC(=O)NC(C)(C)C)N1CCN(c2ccccc2OC)CC1.I. The molecule has 8 heteroatoms. The summed E-state index contributed by atoms with van der Waals surface area (Å²) in [7, 11) is 1.70. The van der Waals surface area contributed by atoms with Gasteiger partial charge in [-0.3, -0.25) is 4.79 Å². The van der Waals surface area contributed by atoms with Gasteiger partial charge in [-0.05, 0) is 39.8 Å². The molecule has 0 saturated carbocycles. The molecule has 1 aliphatic heterocycles. The maximum atomic E-state index is 12.1. The van der Waals surface area contributed by atoms with Crippen molar-refractivity contribution in [3.05, 3.63) is 24.3 Å². The quantitative estimate of drug-likeness (QED) is 0.367. The van der Waals surface area contributed by atoms with Crippen molar-refractivity contribution in [2.24, 2.45) is 4.99 Å². The molecule has 158 valence electrons. The van der Waals surface area contributed by atoms with E-state index in [-0.39, 0.29) is 42.0 Å². The largest absolute Gasteiger partial charge is 0.495 e. The Balaban J connectivity index is 0.00000392. The Kier molecular flexibility index (Phi) is 9.84. The molecule has 28 heavy (non-hydrogen) atoms. The smallest absolute Gasteiger partial charge is 0.242 e. The first-order valence-electron chi connectivity index (χ1n) is 9.56. The second-order valence-electron chi connectivity index (χ2n) is 7.61. The summed E-state index contributed by atoms with van der Waals surface area (Å²) in [5.41, 5.74) is 0.872. The number of nitrogens with one attached hydrogen (secondary N) is 2. The zero-order valence-electron chi connectivity index (χ0n) is 17.6. The average Bonchev–Trinajstić information content (AvgIpc) is 2.64. The highest BCUT2D eigenvalue weighted by molar-refractivity contribution is 14.0. The molecule has 2 rings (SSSR count). The number of methoxy groups -OCH3 is 1. The second kappa shape index (κ2) is 11.3. The van der Waals surface area contributed by atoms with Crippen LogP contribution in [0.1, 0.15) is 27.7 Å². The number of halogens is 1. The van der Waals surface area contributed by atoms with Crippen LogP contribution in [0.4, 0.5) is 5.69 Å². The van der Waals surface area contributed by atoms with Gasteiger partial charge in [0.25, 0.3) is 0 Å². The van der Waals surface area contributed by atoms with Crippen LogP contribution in [0.15, 0.2) is 29.3 Å². The van der Waals surface area contributed by atoms with E-state index in [4.69, 9.17) is 4.74 Å². The Labute approximate surface area is 185 Å². The van der Waals surface area contributed by atoms with E-state index in [1.165, 1.54) is 0 Å². The number of benzene rings is 1. The maximum Gasteiger partial charge on any atom is 0.242 e. The third-order valence-corrected chi connectivity index (χ3v) is 4.23. The van der Waals surface area contributed by atoms with Gasteiger partial charge in [-0.1, -0.05) is 12.1 Å². The molecule has 1 aromatic carbocycles. The van der Waals surface area contributed by atoms with Gasteiger partial charge in [-0.25, -0.2) is 4.99 Å². The van der Waals surface area contributed by atoms with Crippen LogP contribution in [-0.2, 0) is 4.79 Å². The number of anilines is 1. The van der Waals surface area contributed by atoms with E-state index >= 15 is 0 Å². The minimum Gasteiger partial charge on any atom is -0.495 e. The van der Waals surface area contributed by atoms with Gasteiger partial charge in [0, 0.05) is 38.3 Å². The zero-order valence-corrected chi connectivity index (χ0v) is 19.9. The summed E-state index contributed by atoms with van der Waals surface area (Å²) >= 11 is 0. The van der Waals surface area contributed by atoms with Crippen molar-refractivity contribution in [2.75, 3.05) is 51.3 Å². The van der Waals surface area contributed by atoms with Crippen molar-refractivity contribution in [2.45, 2.75) is 33.2 Å². The number of hydrogen-bond acceptors (Lipinski definition) is 4. The summed E-state index contributed by atoms with van der Waals surface area (Å²) < 4.78 is 5.48. The summed E-state index contributed by atoms with van der Waals surface area (Å²) in [4.78, 5) is 21.1. The predicted octanol–water partition coefficient (Wildman–Crippen LogP) is 2.32. The van der Waals surface area contributed by atoms with Gasteiger partial charge in [0.1, 0.15) is 12.3 Å². The van der Waals surface area contributed by atoms with Crippen LogP contribution >= 0.6 is 24.0 Å². The maximum absolute atomic E-state index is 12.1. The van der Waals surface area contributed by atoms with E-state index in [0.717, 1.165) is 50.1 Å². The number of nitrogens with zero attached hydrogens (tertiary/aromatic N) is 3. The predicted molar refractivity (Wildman–Crippen MR) is 126 cm³/mol. The van der Waals surface area contributed by atoms with Gasteiger partial charge in [0.2, 0.25) is 5.91 Å².